The fourth-order valence-electron chi connectivity index (χ4n) is 7.84. The lowest BCUT2D eigenvalue weighted by Crippen LogP contribution is -2.06. The fraction of sp³-hybridized carbons (Fsp3) is 0.0204. The molecule has 0 N–H and O–H groups in total. The van der Waals surface area contributed by atoms with Crippen molar-refractivity contribution in [1.29, 1.82) is 0 Å². The van der Waals surface area contributed by atoms with Crippen LogP contribution in [0.4, 0.5) is 0 Å². The normalized spacial score (nSPS) is 11.6. The minimum Gasteiger partial charge on any atom is -0.422 e. The highest BCUT2D eigenvalue weighted by atomic mass is 16.4. The third-order valence-electron chi connectivity index (χ3n) is 10.5. The zero-order valence-electron chi connectivity index (χ0n) is 28.7. The Bertz CT molecular complexity index is 3220. The van der Waals surface area contributed by atoms with Gasteiger partial charge in [0.2, 0.25) is 0 Å². The van der Waals surface area contributed by atoms with Gasteiger partial charge in [0.15, 0.2) is 0 Å². The van der Waals surface area contributed by atoms with E-state index in [0.717, 1.165) is 82.0 Å². The monoisotopic (exact) mass is 682 g/mol. The van der Waals surface area contributed by atoms with Gasteiger partial charge < -0.3 is 8.83 Å². The van der Waals surface area contributed by atoms with Crippen LogP contribution >= 0.6 is 0 Å². The molecule has 0 aliphatic carbocycles. The molecule has 0 radical (unpaired) electrons. The molecule has 10 aromatic rings. The summed E-state index contributed by atoms with van der Waals surface area (Å²) < 4.78 is 11.8. The van der Waals surface area contributed by atoms with Crippen LogP contribution in [0.5, 0.6) is 0 Å². The summed E-state index contributed by atoms with van der Waals surface area (Å²) in [5.41, 5.74) is 8.36. The summed E-state index contributed by atoms with van der Waals surface area (Å²) in [5, 5.41) is 8.22. The molecule has 0 aliphatic rings. The predicted molar refractivity (Wildman–Crippen MR) is 218 cm³/mol. The van der Waals surface area contributed by atoms with E-state index in [0.29, 0.717) is 22.3 Å². The molecule has 0 amide bonds. The molecule has 0 fully saturated rings. The maximum Gasteiger partial charge on any atom is 0.344 e. The van der Waals surface area contributed by atoms with Crippen molar-refractivity contribution in [2.45, 2.75) is 6.92 Å². The van der Waals surface area contributed by atoms with Crippen LogP contribution in [0.25, 0.3) is 98.8 Å². The lowest BCUT2D eigenvalue weighted by molar-refractivity contribution is 0.563. The van der Waals surface area contributed by atoms with Crippen molar-refractivity contribution >= 4 is 54.3 Å². The number of fused-ring (bicyclic) bond motifs is 7. The molecule has 4 nitrogen and oxygen atoms in total. The van der Waals surface area contributed by atoms with Crippen LogP contribution in [-0.2, 0) is 0 Å². The summed E-state index contributed by atoms with van der Waals surface area (Å²) in [7, 11) is 0. The highest BCUT2D eigenvalue weighted by Gasteiger charge is 2.16. The Hall–Kier alpha value is -7.04. The number of aryl methyl sites for hydroxylation is 1. The molecule has 0 saturated heterocycles. The first-order chi connectivity index (χ1) is 26.0. The summed E-state index contributed by atoms with van der Waals surface area (Å²) in [6.45, 7) is 2.00. The van der Waals surface area contributed by atoms with Crippen LogP contribution in [-0.4, -0.2) is 0 Å². The minimum atomic E-state index is -0.356. The zero-order valence-corrected chi connectivity index (χ0v) is 28.7. The molecular formula is C49H30O4. The molecule has 0 unspecified atom stereocenters. The topological polar surface area (TPSA) is 60.4 Å². The number of hydrogen-bond acceptors (Lipinski definition) is 4. The second-order valence-electron chi connectivity index (χ2n) is 13.6. The standard InChI is InChI=1S/C49H30O4/c1-29-45(49(51)52-44-24-23-32-7-2-4-11-41(32)46(29)44)34-18-13-30(14-19-34)36-20-15-31-16-21-37(27-40(31)26-36)35-9-6-10-38(25-35)43-28-39-22-17-33-8-3-5-12-42(33)47(39)53-48(43)50/h2-28H,1H3. The van der Waals surface area contributed by atoms with Crippen LogP contribution in [0.1, 0.15) is 5.56 Å². The predicted octanol–water partition coefficient (Wildman–Crippen LogP) is 12.3. The first-order valence-electron chi connectivity index (χ1n) is 17.6. The molecule has 0 atom stereocenters. The van der Waals surface area contributed by atoms with E-state index in [1.54, 1.807) is 0 Å². The number of rotatable bonds is 4. The Kier molecular flexibility index (Phi) is 6.99. The number of benzene rings is 8. The van der Waals surface area contributed by atoms with Crippen LogP contribution in [0.2, 0.25) is 0 Å². The average molecular weight is 683 g/mol. The second-order valence-corrected chi connectivity index (χ2v) is 13.6. The summed E-state index contributed by atoms with van der Waals surface area (Å²) in [4.78, 5) is 26.6. The van der Waals surface area contributed by atoms with Gasteiger partial charge in [0, 0.05) is 16.2 Å². The Morgan fingerprint density at radius 3 is 1.77 bits per heavy atom. The van der Waals surface area contributed by atoms with Crippen molar-refractivity contribution in [1.82, 2.24) is 0 Å². The largest absolute Gasteiger partial charge is 0.422 e. The molecule has 0 bridgehead atoms. The van der Waals surface area contributed by atoms with Crippen molar-refractivity contribution in [3.63, 3.8) is 0 Å². The summed E-state index contributed by atoms with van der Waals surface area (Å²) in [5.74, 6) is 0. The van der Waals surface area contributed by atoms with E-state index in [9.17, 15) is 9.59 Å². The van der Waals surface area contributed by atoms with Gasteiger partial charge in [0.25, 0.3) is 0 Å². The lowest BCUT2D eigenvalue weighted by Gasteiger charge is -2.12. The summed E-state index contributed by atoms with van der Waals surface area (Å²) in [6.07, 6.45) is 0. The molecule has 0 saturated carbocycles. The van der Waals surface area contributed by atoms with Gasteiger partial charge in [-0.15, -0.1) is 0 Å². The Balaban J connectivity index is 0.990. The van der Waals surface area contributed by atoms with Gasteiger partial charge in [-0.1, -0.05) is 133 Å². The van der Waals surface area contributed by atoms with Crippen LogP contribution in [0.3, 0.4) is 0 Å². The van der Waals surface area contributed by atoms with Crippen LogP contribution < -0.4 is 11.3 Å². The maximum atomic E-state index is 13.3. The minimum absolute atomic E-state index is 0.338. The molecule has 10 rings (SSSR count). The van der Waals surface area contributed by atoms with Crippen molar-refractivity contribution in [2.24, 2.45) is 0 Å². The van der Waals surface area contributed by atoms with Gasteiger partial charge in [-0.25, -0.2) is 9.59 Å². The van der Waals surface area contributed by atoms with Crippen molar-refractivity contribution < 1.29 is 8.83 Å². The molecule has 2 aromatic heterocycles. The molecule has 8 aromatic carbocycles. The van der Waals surface area contributed by atoms with Gasteiger partial charge in [0.1, 0.15) is 11.2 Å². The van der Waals surface area contributed by atoms with Crippen LogP contribution in [0, 0.1) is 6.92 Å². The summed E-state index contributed by atoms with van der Waals surface area (Å²) >= 11 is 0. The molecule has 4 heteroatoms. The summed E-state index contributed by atoms with van der Waals surface area (Å²) in [6, 6.07) is 55.1. The first-order valence-corrected chi connectivity index (χ1v) is 17.6. The van der Waals surface area contributed by atoms with E-state index in [-0.39, 0.29) is 11.3 Å². The SMILES string of the molecule is Cc1c(-c2ccc(-c3ccc4ccc(-c5cccc(-c6cc7ccc8ccccc8c7oc6=O)c5)cc4c3)cc2)c(=O)oc2ccc3ccccc3c12. The maximum absolute atomic E-state index is 13.3. The molecule has 250 valence electrons. The molecular weight excluding hydrogens is 653 g/mol. The van der Waals surface area contributed by atoms with Crippen molar-refractivity contribution in [3.8, 4) is 44.5 Å². The van der Waals surface area contributed by atoms with Gasteiger partial charge in [-0.3, -0.25) is 0 Å². The van der Waals surface area contributed by atoms with Gasteiger partial charge in [-0.2, -0.15) is 0 Å². The van der Waals surface area contributed by atoms with E-state index in [1.807, 2.05) is 91.9 Å². The van der Waals surface area contributed by atoms with E-state index in [2.05, 4.69) is 78.9 Å². The van der Waals surface area contributed by atoms with E-state index in [4.69, 9.17) is 8.83 Å². The van der Waals surface area contributed by atoms with Gasteiger partial charge in [-0.05, 0) is 103 Å². The lowest BCUT2D eigenvalue weighted by atomic mass is 9.94. The van der Waals surface area contributed by atoms with E-state index < -0.39 is 0 Å². The first kappa shape index (κ1) is 30.8. The molecule has 0 aliphatic heterocycles. The van der Waals surface area contributed by atoms with E-state index in [1.165, 1.54) is 0 Å². The Morgan fingerprint density at radius 2 is 0.981 bits per heavy atom. The quantitative estimate of drug-likeness (QED) is 0.137. The van der Waals surface area contributed by atoms with Crippen LogP contribution in [0.15, 0.2) is 182 Å². The average Bonchev–Trinajstić information content (AvgIpc) is 3.20. The highest BCUT2D eigenvalue weighted by Crippen LogP contribution is 2.35. The highest BCUT2D eigenvalue weighted by molar-refractivity contribution is 6.09. The zero-order chi connectivity index (χ0) is 35.6. The fourth-order valence-corrected chi connectivity index (χ4v) is 7.84. The Morgan fingerprint density at radius 1 is 0.396 bits per heavy atom. The molecule has 2 heterocycles. The third-order valence-corrected chi connectivity index (χ3v) is 10.5. The second kappa shape index (κ2) is 12.0. The van der Waals surface area contributed by atoms with Gasteiger partial charge in [0.05, 0.1) is 11.1 Å². The van der Waals surface area contributed by atoms with E-state index >= 15 is 0 Å². The smallest absolute Gasteiger partial charge is 0.344 e. The number of hydrogen-bond donors (Lipinski definition) is 0. The molecule has 0 spiro atoms. The van der Waals surface area contributed by atoms with Crippen molar-refractivity contribution in [2.75, 3.05) is 0 Å². The van der Waals surface area contributed by atoms with Crippen molar-refractivity contribution in [3.05, 3.63) is 190 Å². The Labute approximate surface area is 303 Å². The molecule has 53 heavy (non-hydrogen) atoms. The third kappa shape index (κ3) is 5.15. The van der Waals surface area contributed by atoms with Gasteiger partial charge >= 0.3 is 11.3 Å².